The molecule has 15 aromatic rings. The van der Waals surface area contributed by atoms with E-state index in [1.165, 1.54) is 0 Å². The van der Waals surface area contributed by atoms with Gasteiger partial charge in [0.15, 0.2) is 40.2 Å². The first-order valence-corrected chi connectivity index (χ1v) is 29.0. The molecule has 0 atom stereocenters. The summed E-state index contributed by atoms with van der Waals surface area (Å²) in [5.41, 5.74) is 17.5. The van der Waals surface area contributed by atoms with Crippen molar-refractivity contribution in [1.29, 1.82) is 5.26 Å². The first kappa shape index (κ1) is 53.4. The van der Waals surface area contributed by atoms with Gasteiger partial charge in [-0.3, -0.25) is 0 Å². The summed E-state index contributed by atoms with van der Waals surface area (Å²) in [6.45, 7) is 33.7. The lowest BCUT2D eigenvalue weighted by Gasteiger charge is -2.22. The second-order valence-electron chi connectivity index (χ2n) is 21.7. The van der Waals surface area contributed by atoms with Crippen LogP contribution < -0.4 is 0 Å². The maximum Gasteiger partial charge on any atom is 0.197 e. The predicted molar refractivity (Wildman–Crippen MR) is 362 cm³/mol. The van der Waals surface area contributed by atoms with Gasteiger partial charge >= 0.3 is 0 Å². The molecule has 12 aromatic carbocycles. The van der Waals surface area contributed by atoms with Gasteiger partial charge in [0, 0.05) is 55.0 Å². The van der Waals surface area contributed by atoms with Gasteiger partial charge in [0.1, 0.15) is 0 Å². The van der Waals surface area contributed by atoms with Crippen LogP contribution in [0.2, 0.25) is 0 Å². The van der Waals surface area contributed by atoms with Crippen molar-refractivity contribution in [1.82, 2.24) is 24.1 Å². The molecule has 0 fully saturated rings. The second-order valence-corrected chi connectivity index (χ2v) is 21.7. The molecule has 0 amide bonds. The monoisotopic (exact) mass is 1140 g/mol. The Hall–Kier alpha value is -13.3. The van der Waals surface area contributed by atoms with E-state index in [1.807, 2.05) is 182 Å². The summed E-state index contributed by atoms with van der Waals surface area (Å²) < 4.78 is 4.48. The highest BCUT2D eigenvalue weighted by Crippen LogP contribution is 2.50. The van der Waals surface area contributed by atoms with Crippen LogP contribution in [0, 0.1) is 37.6 Å². The molecule has 0 aliphatic heterocycles. The second kappa shape index (κ2) is 22.3. The van der Waals surface area contributed by atoms with Crippen molar-refractivity contribution in [3.63, 3.8) is 0 Å². The van der Waals surface area contributed by atoms with Crippen LogP contribution in [0.15, 0.2) is 267 Å². The minimum Gasteiger partial charge on any atom is -0.310 e. The van der Waals surface area contributed by atoms with E-state index in [2.05, 4.69) is 120 Å². The van der Waals surface area contributed by atoms with Gasteiger partial charge in [-0.2, -0.15) is 5.26 Å². The Morgan fingerprint density at radius 1 is 0.289 bits per heavy atom. The number of hydrogen-bond acceptors (Lipinski definition) is 4. The Morgan fingerprint density at radius 2 is 0.622 bits per heavy atom. The van der Waals surface area contributed by atoms with Gasteiger partial charge in [0.05, 0.1) is 65.7 Å². The molecule has 0 saturated heterocycles. The minimum atomic E-state index is 0.371. The highest BCUT2D eigenvalue weighted by Gasteiger charge is 2.28. The fourth-order valence-corrected chi connectivity index (χ4v) is 12.7. The van der Waals surface area contributed by atoms with Crippen LogP contribution in [0.3, 0.4) is 0 Å². The molecule has 90 heavy (non-hydrogen) atoms. The topological polar surface area (TPSA) is 89.8 Å². The van der Waals surface area contributed by atoms with Gasteiger partial charge in [0.2, 0.25) is 0 Å². The van der Waals surface area contributed by atoms with Crippen molar-refractivity contribution >= 4 is 66.4 Å². The Kier molecular flexibility index (Phi) is 13.2. The number of benzene rings is 12. The number of aromatic nitrogens is 5. The maximum atomic E-state index is 10.4. The number of nitriles is 1. The molecule has 0 spiro atoms. The molecule has 0 radical (unpaired) electrons. The predicted octanol–water partition coefficient (Wildman–Crippen LogP) is 21.5. The fourth-order valence-electron chi connectivity index (χ4n) is 12.7. The Labute approximate surface area is 518 Å². The summed E-state index contributed by atoms with van der Waals surface area (Å²) in [6.07, 6.45) is 0. The summed E-state index contributed by atoms with van der Waals surface area (Å²) in [4.78, 5) is 32.2. The maximum absolute atomic E-state index is 10.4. The highest BCUT2D eigenvalue weighted by atomic mass is 15.0. The molecule has 0 unspecified atom stereocenters. The quantitative estimate of drug-likeness (QED) is 0.128. The number of nitrogens with zero attached hydrogens (tertiary/aromatic N) is 10. The van der Waals surface area contributed by atoms with Gasteiger partial charge in [0.25, 0.3) is 0 Å². The van der Waals surface area contributed by atoms with Crippen LogP contribution in [0.4, 0.5) is 22.7 Å². The first-order chi connectivity index (χ1) is 44.4. The van der Waals surface area contributed by atoms with Crippen LogP contribution in [-0.4, -0.2) is 24.1 Å². The summed E-state index contributed by atoms with van der Waals surface area (Å²) >= 11 is 0. The smallest absolute Gasteiger partial charge is 0.197 e. The highest BCUT2D eigenvalue weighted by molar-refractivity contribution is 6.15. The Balaban J connectivity index is 1.08. The molecule has 10 heteroatoms. The van der Waals surface area contributed by atoms with Gasteiger partial charge < -0.3 is 9.13 Å². The number of rotatable bonds is 10. The van der Waals surface area contributed by atoms with E-state index in [0.29, 0.717) is 68.2 Å². The van der Waals surface area contributed by atoms with Crippen molar-refractivity contribution < 1.29 is 0 Å². The van der Waals surface area contributed by atoms with Crippen molar-refractivity contribution in [2.45, 2.75) is 0 Å². The molecule has 10 nitrogen and oxygen atoms in total. The number of fused-ring (bicyclic) bond motifs is 6. The lowest BCUT2D eigenvalue weighted by molar-refractivity contribution is 1.07. The van der Waals surface area contributed by atoms with Crippen molar-refractivity contribution in [2.75, 3.05) is 0 Å². The molecular formula is C80H44N10. The van der Waals surface area contributed by atoms with Gasteiger partial charge in [-0.1, -0.05) is 200 Å². The summed E-state index contributed by atoms with van der Waals surface area (Å²) in [5, 5.41) is 14.0. The first-order valence-electron chi connectivity index (χ1n) is 29.0. The van der Waals surface area contributed by atoms with E-state index in [-0.39, 0.29) is 0 Å². The Morgan fingerprint density at radius 3 is 1.04 bits per heavy atom. The molecule has 0 bridgehead atoms. The van der Waals surface area contributed by atoms with E-state index in [9.17, 15) is 11.8 Å². The van der Waals surface area contributed by atoms with Crippen molar-refractivity contribution in [3.05, 3.63) is 318 Å². The molecule has 0 N–H and O–H groups in total. The van der Waals surface area contributed by atoms with Crippen LogP contribution in [-0.2, 0) is 0 Å². The van der Waals surface area contributed by atoms with Gasteiger partial charge in [-0.15, -0.1) is 0 Å². The van der Waals surface area contributed by atoms with Crippen LogP contribution in [0.25, 0.3) is 164 Å². The zero-order chi connectivity index (χ0) is 60.8. The molecule has 3 aromatic heterocycles. The number of hydrogen-bond donors (Lipinski definition) is 0. The third-order valence-electron chi connectivity index (χ3n) is 16.8. The molecule has 0 saturated carbocycles. The third kappa shape index (κ3) is 8.97. The minimum absolute atomic E-state index is 0.371. The van der Waals surface area contributed by atoms with Crippen LogP contribution >= 0.6 is 0 Å². The molecule has 15 rings (SSSR count). The lowest BCUT2D eigenvalue weighted by Crippen LogP contribution is -2.06. The summed E-state index contributed by atoms with van der Waals surface area (Å²) in [7, 11) is 0. The average Bonchev–Trinajstić information content (AvgIpc) is 1.53. The zero-order valence-electron chi connectivity index (χ0n) is 47.9. The van der Waals surface area contributed by atoms with Crippen LogP contribution in [0.1, 0.15) is 5.56 Å². The molecule has 3 heterocycles. The normalized spacial score (nSPS) is 11.1. The zero-order valence-corrected chi connectivity index (χ0v) is 47.9. The van der Waals surface area contributed by atoms with Gasteiger partial charge in [-0.25, -0.2) is 34.3 Å². The van der Waals surface area contributed by atoms with E-state index < -0.39 is 0 Å². The Bertz CT molecular complexity index is 5400. The standard InChI is InChI=1S/C80H44N10/c1-82-66-31-16-13-27-58(66)53-38-42-70-64(47-53)65-48-54(59-28-14-17-32-67(59)83-2)39-43-71(65)89(70)74-35-19-30-61(80-87-78(50-21-7-5-8-22-50)86-79(88-80)51-23-9-6-10-24-51)76(74)77-69(85-4)34-20-36-75(77)90-72-41-37-52(57-26-12-11-25-56(57)49-81)45-62(72)63-46-55(40-44-73(63)90)60-29-15-18-33-68(60)84-3/h5-48H. The average molecular weight is 1150 g/mol. The largest absolute Gasteiger partial charge is 0.310 e. The SMILES string of the molecule is [C-]#[N+]c1ccccc1-c1ccc2c(c1)c1cc(-c3ccccc3C#N)ccc1n2-c1cccc([N+]#[C-])c1-c1c(-c2nc(-c3ccccc3)nc(-c3ccccc3)n2)cccc1-n1c2ccc(-c3ccccc3[N+]#[C-])cc2c2cc(-c3ccccc3[N+]#[C-])ccc21. The summed E-state index contributed by atoms with van der Waals surface area (Å²) in [5.74, 6) is 1.32. The van der Waals surface area contributed by atoms with Crippen molar-refractivity contribution in [2.24, 2.45) is 0 Å². The summed E-state index contributed by atoms with van der Waals surface area (Å²) in [6, 6.07) is 89.9. The molecular weight excluding hydrogens is 1100 g/mol. The third-order valence-corrected chi connectivity index (χ3v) is 16.8. The fraction of sp³-hybridized carbons (Fsp3) is 0. The van der Waals surface area contributed by atoms with Gasteiger partial charge in [-0.05, 0) is 111 Å². The van der Waals surface area contributed by atoms with E-state index in [0.717, 1.165) is 105 Å². The van der Waals surface area contributed by atoms with Crippen LogP contribution in [0.5, 0.6) is 0 Å². The lowest BCUT2D eigenvalue weighted by atomic mass is 9.93. The number of para-hydroxylation sites is 3. The van der Waals surface area contributed by atoms with E-state index >= 15 is 0 Å². The molecule has 0 aliphatic rings. The van der Waals surface area contributed by atoms with Crippen molar-refractivity contribution in [3.8, 4) is 107 Å². The molecule has 0 aliphatic carbocycles. The molecule has 414 valence electrons. The van der Waals surface area contributed by atoms with E-state index in [4.69, 9.17) is 34.7 Å². The van der Waals surface area contributed by atoms with E-state index in [1.54, 1.807) is 0 Å².